The molecule has 33 heavy (non-hydrogen) atoms. The standard InChI is InChI=1S/C24H28BrF2N5O/c1-17(31-11-9-19(10-12-31)30(2)23-6-4-3-5-21(23)25)24(33,14-32-16-28-15-29-32)20-8-7-18(26)13-22(20)27/h3-8,13,15-17,19,33H,9-12,14H2,1-2H3/t17-,24-/m1/s1. The van der Waals surface area contributed by atoms with Gasteiger partial charge in [0, 0.05) is 48.3 Å². The first-order valence-corrected chi connectivity index (χ1v) is 11.8. The molecule has 0 radical (unpaired) electrons. The third-order valence-corrected chi connectivity index (χ3v) is 7.46. The molecule has 3 aromatic rings. The number of benzene rings is 2. The van der Waals surface area contributed by atoms with E-state index in [1.807, 2.05) is 25.1 Å². The second kappa shape index (κ2) is 9.87. The number of nitrogens with zero attached hydrogens (tertiary/aromatic N) is 5. The van der Waals surface area contributed by atoms with E-state index in [2.05, 4.69) is 48.9 Å². The van der Waals surface area contributed by atoms with Crippen LogP contribution in [0.1, 0.15) is 25.3 Å². The highest BCUT2D eigenvalue weighted by atomic mass is 79.9. The first kappa shape index (κ1) is 23.8. The maximum Gasteiger partial charge on any atom is 0.137 e. The van der Waals surface area contributed by atoms with Gasteiger partial charge in [0.15, 0.2) is 0 Å². The van der Waals surface area contributed by atoms with Crippen molar-refractivity contribution >= 4 is 21.6 Å². The smallest absolute Gasteiger partial charge is 0.137 e. The average molecular weight is 520 g/mol. The van der Waals surface area contributed by atoms with Crippen LogP contribution in [0.4, 0.5) is 14.5 Å². The van der Waals surface area contributed by atoms with Crippen LogP contribution >= 0.6 is 15.9 Å². The summed E-state index contributed by atoms with van der Waals surface area (Å²) in [6, 6.07) is 11.4. The van der Waals surface area contributed by atoms with E-state index in [1.54, 1.807) is 0 Å². The van der Waals surface area contributed by atoms with E-state index >= 15 is 0 Å². The van der Waals surface area contributed by atoms with Gasteiger partial charge in [-0.2, -0.15) is 5.10 Å². The summed E-state index contributed by atoms with van der Waals surface area (Å²) in [6.45, 7) is 3.37. The zero-order valence-electron chi connectivity index (χ0n) is 18.7. The Kier molecular flexibility index (Phi) is 7.11. The van der Waals surface area contributed by atoms with Gasteiger partial charge in [0.25, 0.3) is 0 Å². The first-order valence-electron chi connectivity index (χ1n) is 11.0. The van der Waals surface area contributed by atoms with Crippen LogP contribution in [0.25, 0.3) is 0 Å². The number of likely N-dealkylation sites (tertiary alicyclic amines) is 1. The van der Waals surface area contributed by atoms with Crippen molar-refractivity contribution in [2.24, 2.45) is 0 Å². The number of aromatic nitrogens is 3. The van der Waals surface area contributed by atoms with Crippen molar-refractivity contribution in [3.63, 3.8) is 0 Å². The highest BCUT2D eigenvalue weighted by Gasteiger charge is 2.43. The molecule has 6 nitrogen and oxygen atoms in total. The Hall–Kier alpha value is -2.36. The van der Waals surface area contributed by atoms with Crippen molar-refractivity contribution in [2.75, 3.05) is 25.0 Å². The summed E-state index contributed by atoms with van der Waals surface area (Å²) in [7, 11) is 2.10. The zero-order chi connectivity index (χ0) is 23.6. The molecule has 0 saturated carbocycles. The predicted molar refractivity (Wildman–Crippen MR) is 127 cm³/mol. The van der Waals surface area contributed by atoms with Crippen molar-refractivity contribution in [1.82, 2.24) is 19.7 Å². The van der Waals surface area contributed by atoms with Gasteiger partial charge in [-0.1, -0.05) is 18.2 Å². The van der Waals surface area contributed by atoms with E-state index < -0.39 is 23.3 Å². The summed E-state index contributed by atoms with van der Waals surface area (Å²) in [4.78, 5) is 8.39. The summed E-state index contributed by atoms with van der Waals surface area (Å²) in [6.07, 6.45) is 4.65. The second-order valence-corrected chi connectivity index (χ2v) is 9.50. The lowest BCUT2D eigenvalue weighted by Crippen LogP contribution is -2.55. The van der Waals surface area contributed by atoms with Gasteiger partial charge in [-0.3, -0.25) is 4.90 Å². The molecule has 1 aliphatic heterocycles. The molecule has 176 valence electrons. The molecule has 2 atom stereocenters. The Morgan fingerprint density at radius 2 is 1.94 bits per heavy atom. The average Bonchev–Trinajstić information content (AvgIpc) is 3.31. The zero-order valence-corrected chi connectivity index (χ0v) is 20.3. The summed E-state index contributed by atoms with van der Waals surface area (Å²) in [5, 5.41) is 15.9. The number of hydrogen-bond acceptors (Lipinski definition) is 5. The lowest BCUT2D eigenvalue weighted by atomic mass is 9.84. The van der Waals surface area contributed by atoms with Crippen LogP contribution in [0.3, 0.4) is 0 Å². The first-order chi connectivity index (χ1) is 15.8. The topological polar surface area (TPSA) is 57.4 Å². The van der Waals surface area contributed by atoms with E-state index in [4.69, 9.17) is 0 Å². The van der Waals surface area contributed by atoms with Crippen molar-refractivity contribution in [3.8, 4) is 0 Å². The molecule has 2 heterocycles. The predicted octanol–water partition coefficient (Wildman–Crippen LogP) is 4.20. The van der Waals surface area contributed by atoms with Crippen LogP contribution in [0.5, 0.6) is 0 Å². The van der Waals surface area contributed by atoms with Crippen LogP contribution in [0, 0.1) is 11.6 Å². The molecule has 0 unspecified atom stereocenters. The number of piperidine rings is 1. The van der Waals surface area contributed by atoms with Crippen LogP contribution in [-0.2, 0) is 12.1 Å². The lowest BCUT2D eigenvalue weighted by molar-refractivity contribution is -0.0690. The molecule has 2 aromatic carbocycles. The highest BCUT2D eigenvalue weighted by Crippen LogP contribution is 2.35. The fourth-order valence-corrected chi connectivity index (χ4v) is 5.31. The normalized spacial score (nSPS) is 18.1. The SMILES string of the molecule is C[C@@H](N1CCC(N(C)c2ccccc2Br)CC1)[C@](O)(Cn1cncn1)c1ccc(F)cc1F. The van der Waals surface area contributed by atoms with Gasteiger partial charge in [-0.15, -0.1) is 0 Å². The summed E-state index contributed by atoms with van der Waals surface area (Å²) >= 11 is 3.63. The molecular formula is C24H28BrF2N5O. The number of aliphatic hydroxyl groups is 1. The minimum Gasteiger partial charge on any atom is -0.381 e. The molecule has 4 rings (SSSR count). The van der Waals surface area contributed by atoms with Crippen LogP contribution in [-0.4, -0.2) is 57.0 Å². The number of halogens is 3. The molecule has 1 N–H and O–H groups in total. The minimum atomic E-state index is -1.62. The maximum absolute atomic E-state index is 14.8. The summed E-state index contributed by atoms with van der Waals surface area (Å²) < 4.78 is 30.9. The largest absolute Gasteiger partial charge is 0.381 e. The Balaban J connectivity index is 1.54. The lowest BCUT2D eigenvalue weighted by Gasteiger charge is -2.45. The Bertz CT molecular complexity index is 1070. The summed E-state index contributed by atoms with van der Waals surface area (Å²) in [5.41, 5.74) is -0.424. The van der Waals surface area contributed by atoms with E-state index in [-0.39, 0.29) is 12.1 Å². The number of rotatable bonds is 7. The van der Waals surface area contributed by atoms with Gasteiger partial charge < -0.3 is 10.0 Å². The van der Waals surface area contributed by atoms with Crippen LogP contribution in [0.2, 0.25) is 0 Å². The molecule has 0 aliphatic carbocycles. The van der Waals surface area contributed by atoms with E-state index in [1.165, 1.54) is 29.5 Å². The Morgan fingerprint density at radius 1 is 1.21 bits per heavy atom. The summed E-state index contributed by atoms with van der Waals surface area (Å²) in [5.74, 6) is -1.45. The fraction of sp³-hybridized carbons (Fsp3) is 0.417. The molecule has 0 spiro atoms. The monoisotopic (exact) mass is 519 g/mol. The number of para-hydroxylation sites is 1. The van der Waals surface area contributed by atoms with Crippen LogP contribution in [0.15, 0.2) is 59.6 Å². The maximum atomic E-state index is 14.8. The van der Waals surface area contributed by atoms with E-state index in [0.717, 1.165) is 42.2 Å². The van der Waals surface area contributed by atoms with Gasteiger partial charge in [0.1, 0.15) is 29.9 Å². The molecule has 1 fully saturated rings. The molecule has 1 saturated heterocycles. The van der Waals surface area contributed by atoms with Gasteiger partial charge in [0.05, 0.1) is 12.2 Å². The Labute approximate surface area is 201 Å². The van der Waals surface area contributed by atoms with E-state index in [0.29, 0.717) is 6.04 Å². The van der Waals surface area contributed by atoms with Crippen molar-refractivity contribution in [2.45, 2.75) is 44.0 Å². The third-order valence-electron chi connectivity index (χ3n) is 6.79. The molecule has 0 amide bonds. The van der Waals surface area contributed by atoms with Crippen molar-refractivity contribution < 1.29 is 13.9 Å². The number of anilines is 1. The Morgan fingerprint density at radius 3 is 2.58 bits per heavy atom. The van der Waals surface area contributed by atoms with Gasteiger partial charge >= 0.3 is 0 Å². The molecular weight excluding hydrogens is 492 g/mol. The molecule has 0 bridgehead atoms. The van der Waals surface area contributed by atoms with E-state index in [9.17, 15) is 13.9 Å². The van der Waals surface area contributed by atoms with Gasteiger partial charge in [0.2, 0.25) is 0 Å². The quantitative estimate of drug-likeness (QED) is 0.507. The van der Waals surface area contributed by atoms with Gasteiger partial charge in [-0.05, 0) is 53.9 Å². The van der Waals surface area contributed by atoms with Crippen molar-refractivity contribution in [1.29, 1.82) is 0 Å². The molecule has 1 aromatic heterocycles. The second-order valence-electron chi connectivity index (χ2n) is 8.65. The van der Waals surface area contributed by atoms with Crippen molar-refractivity contribution in [3.05, 3.63) is 76.8 Å². The minimum absolute atomic E-state index is 0.00745. The number of hydrogen-bond donors (Lipinski definition) is 1. The van der Waals surface area contributed by atoms with Gasteiger partial charge in [-0.25, -0.2) is 18.4 Å². The molecule has 1 aliphatic rings. The highest BCUT2D eigenvalue weighted by molar-refractivity contribution is 9.10. The van der Waals surface area contributed by atoms with Crippen LogP contribution < -0.4 is 4.90 Å². The molecule has 9 heteroatoms. The third kappa shape index (κ3) is 4.95. The fourth-order valence-electron chi connectivity index (χ4n) is 4.74.